The summed E-state index contributed by atoms with van der Waals surface area (Å²) in [6, 6.07) is 8.14. The summed E-state index contributed by atoms with van der Waals surface area (Å²) in [7, 11) is 0. The summed E-state index contributed by atoms with van der Waals surface area (Å²) in [5.74, 6) is 1.31. The van der Waals surface area contributed by atoms with E-state index >= 15 is 0 Å². The number of nitrogens with zero attached hydrogens (tertiary/aromatic N) is 6. The molecule has 3 aliphatic heterocycles. The molecule has 0 radical (unpaired) electrons. The van der Waals surface area contributed by atoms with E-state index in [2.05, 4.69) is 32.1 Å². The first-order valence-electron chi connectivity index (χ1n) is 13.6. The molecular formula is C27H38N6O4. The number of aromatic nitrogens is 2. The third kappa shape index (κ3) is 7.15. The van der Waals surface area contributed by atoms with Gasteiger partial charge in [0.25, 0.3) is 5.91 Å². The van der Waals surface area contributed by atoms with Crippen molar-refractivity contribution in [3.8, 4) is 0 Å². The van der Waals surface area contributed by atoms with Crippen LogP contribution in [-0.4, -0.2) is 107 Å². The van der Waals surface area contributed by atoms with Crippen molar-refractivity contribution < 1.29 is 18.8 Å². The van der Waals surface area contributed by atoms with Gasteiger partial charge < -0.3 is 19.1 Å². The normalized spacial score (nSPS) is 19.8. The Morgan fingerprint density at radius 2 is 1.49 bits per heavy atom. The van der Waals surface area contributed by atoms with Crippen LogP contribution in [0.25, 0.3) is 0 Å². The number of hydrogen-bond donors (Lipinski definition) is 0. The molecule has 2 aromatic rings. The third-order valence-electron chi connectivity index (χ3n) is 7.51. The molecule has 5 rings (SSSR count). The lowest BCUT2D eigenvalue weighted by Gasteiger charge is -2.34. The molecule has 0 aliphatic carbocycles. The Morgan fingerprint density at radius 3 is 2.22 bits per heavy atom. The molecule has 0 atom stereocenters. The molecule has 3 saturated heterocycles. The van der Waals surface area contributed by atoms with E-state index in [0.29, 0.717) is 70.5 Å². The van der Waals surface area contributed by atoms with Gasteiger partial charge in [-0.2, -0.15) is 4.98 Å². The number of ether oxygens (including phenoxy) is 1. The van der Waals surface area contributed by atoms with E-state index in [0.717, 1.165) is 25.2 Å². The number of aryl methyl sites for hydroxylation is 1. The number of hydrogen-bond acceptors (Lipinski definition) is 8. The van der Waals surface area contributed by atoms with E-state index in [-0.39, 0.29) is 11.8 Å². The smallest absolute Gasteiger partial charge is 0.253 e. The lowest BCUT2D eigenvalue weighted by molar-refractivity contribution is -0.135. The molecule has 2 amide bonds. The first-order valence-corrected chi connectivity index (χ1v) is 13.6. The lowest BCUT2D eigenvalue weighted by Crippen LogP contribution is -2.48. The molecule has 4 heterocycles. The third-order valence-corrected chi connectivity index (χ3v) is 7.51. The van der Waals surface area contributed by atoms with Crippen LogP contribution in [0.1, 0.15) is 53.3 Å². The minimum absolute atomic E-state index is 0.0935. The van der Waals surface area contributed by atoms with Gasteiger partial charge in [0.05, 0.1) is 19.8 Å². The van der Waals surface area contributed by atoms with Crippen LogP contribution < -0.4 is 0 Å². The number of rotatable bonds is 8. The summed E-state index contributed by atoms with van der Waals surface area (Å²) in [5, 5.41) is 4.10. The zero-order valence-corrected chi connectivity index (χ0v) is 21.6. The van der Waals surface area contributed by atoms with E-state index in [9.17, 15) is 9.59 Å². The predicted molar refractivity (Wildman–Crippen MR) is 137 cm³/mol. The second-order valence-corrected chi connectivity index (χ2v) is 10.2. The SMILES string of the molecule is O=C(CCc1nc(CN2CCN(C(=O)c3ccc(CN4CCCCC4)cc3)CC2)no1)N1CCOCC1. The predicted octanol–water partition coefficient (Wildman–Crippen LogP) is 1.80. The fourth-order valence-electron chi connectivity index (χ4n) is 5.26. The molecule has 0 bridgehead atoms. The molecule has 0 unspecified atom stereocenters. The van der Waals surface area contributed by atoms with Crippen LogP contribution in [0.15, 0.2) is 28.8 Å². The Labute approximate surface area is 218 Å². The first kappa shape index (κ1) is 25.8. The van der Waals surface area contributed by atoms with Gasteiger partial charge in [0.2, 0.25) is 11.8 Å². The van der Waals surface area contributed by atoms with Crippen LogP contribution in [-0.2, 0) is 29.0 Å². The van der Waals surface area contributed by atoms with Gasteiger partial charge in [-0.05, 0) is 43.6 Å². The number of carbonyl (C=O) groups is 2. The van der Waals surface area contributed by atoms with E-state index < -0.39 is 0 Å². The fraction of sp³-hybridized carbons (Fsp3) is 0.630. The standard InChI is InChI=1S/C27H38N6O4/c34-26(32-16-18-36-19-17-32)9-8-25-28-24(29-37-25)21-31-12-14-33(15-13-31)27(35)23-6-4-22(5-7-23)20-30-10-2-1-3-11-30/h4-7H,1-3,8-21H2. The van der Waals surface area contributed by atoms with Gasteiger partial charge in [0.1, 0.15) is 0 Å². The van der Waals surface area contributed by atoms with Gasteiger partial charge in [0.15, 0.2) is 5.82 Å². The Hall–Kier alpha value is -2.82. The van der Waals surface area contributed by atoms with Crippen LogP contribution in [0, 0.1) is 0 Å². The summed E-state index contributed by atoms with van der Waals surface area (Å²) in [5.41, 5.74) is 2.03. The molecule has 10 heteroatoms. The molecule has 3 aliphatic rings. The number of piperidine rings is 1. The van der Waals surface area contributed by atoms with Gasteiger partial charge in [-0.1, -0.05) is 23.7 Å². The Kier molecular flexibility index (Phi) is 8.80. The van der Waals surface area contributed by atoms with Crippen LogP contribution in [0.3, 0.4) is 0 Å². The molecule has 1 aromatic heterocycles. The highest BCUT2D eigenvalue weighted by molar-refractivity contribution is 5.94. The Balaban J connectivity index is 1.04. The van der Waals surface area contributed by atoms with Crippen molar-refractivity contribution in [3.05, 3.63) is 47.1 Å². The van der Waals surface area contributed by atoms with E-state index in [1.807, 2.05) is 21.9 Å². The molecule has 10 nitrogen and oxygen atoms in total. The van der Waals surface area contributed by atoms with Crippen molar-refractivity contribution in [1.29, 1.82) is 0 Å². The number of amides is 2. The number of morpholine rings is 1. The molecule has 3 fully saturated rings. The molecule has 1 aromatic carbocycles. The second-order valence-electron chi connectivity index (χ2n) is 10.2. The Bertz CT molecular complexity index is 1020. The number of carbonyl (C=O) groups excluding carboxylic acids is 2. The lowest BCUT2D eigenvalue weighted by atomic mass is 10.1. The second kappa shape index (κ2) is 12.6. The molecule has 200 valence electrons. The van der Waals surface area contributed by atoms with Crippen molar-refractivity contribution in [2.75, 3.05) is 65.6 Å². The number of likely N-dealkylation sites (tertiary alicyclic amines) is 1. The van der Waals surface area contributed by atoms with Crippen LogP contribution in [0.4, 0.5) is 0 Å². The van der Waals surface area contributed by atoms with E-state index in [1.54, 1.807) is 0 Å². The molecule has 0 N–H and O–H groups in total. The minimum atomic E-state index is 0.0935. The van der Waals surface area contributed by atoms with Crippen LogP contribution in [0.5, 0.6) is 0 Å². The summed E-state index contributed by atoms with van der Waals surface area (Å²) in [6.07, 6.45) is 4.72. The van der Waals surface area contributed by atoms with E-state index in [4.69, 9.17) is 9.26 Å². The highest BCUT2D eigenvalue weighted by atomic mass is 16.5. The monoisotopic (exact) mass is 510 g/mol. The first-order chi connectivity index (χ1) is 18.1. The summed E-state index contributed by atoms with van der Waals surface area (Å²) in [6.45, 7) is 9.25. The van der Waals surface area contributed by atoms with Crippen LogP contribution >= 0.6 is 0 Å². The molecule has 37 heavy (non-hydrogen) atoms. The quantitative estimate of drug-likeness (QED) is 0.531. The average Bonchev–Trinajstić information content (AvgIpc) is 3.40. The number of piperazine rings is 1. The fourth-order valence-corrected chi connectivity index (χ4v) is 5.26. The molecule has 0 saturated carbocycles. The maximum absolute atomic E-state index is 13.0. The molecular weight excluding hydrogens is 472 g/mol. The summed E-state index contributed by atoms with van der Waals surface area (Å²) < 4.78 is 10.7. The maximum atomic E-state index is 13.0. The number of benzene rings is 1. The van der Waals surface area contributed by atoms with Gasteiger partial charge in [0, 0.05) is 64.2 Å². The zero-order valence-electron chi connectivity index (χ0n) is 21.6. The molecule has 0 spiro atoms. The van der Waals surface area contributed by atoms with Crippen LogP contribution in [0.2, 0.25) is 0 Å². The van der Waals surface area contributed by atoms with Gasteiger partial charge in [-0.15, -0.1) is 0 Å². The van der Waals surface area contributed by atoms with Gasteiger partial charge in [-0.3, -0.25) is 19.4 Å². The largest absolute Gasteiger partial charge is 0.378 e. The van der Waals surface area contributed by atoms with Crippen molar-refractivity contribution in [2.24, 2.45) is 0 Å². The maximum Gasteiger partial charge on any atom is 0.253 e. The van der Waals surface area contributed by atoms with Crippen molar-refractivity contribution >= 4 is 11.8 Å². The van der Waals surface area contributed by atoms with Gasteiger partial charge >= 0.3 is 0 Å². The minimum Gasteiger partial charge on any atom is -0.378 e. The Morgan fingerprint density at radius 1 is 0.784 bits per heavy atom. The van der Waals surface area contributed by atoms with Crippen molar-refractivity contribution in [3.63, 3.8) is 0 Å². The highest BCUT2D eigenvalue weighted by Gasteiger charge is 2.24. The average molecular weight is 511 g/mol. The van der Waals surface area contributed by atoms with Gasteiger partial charge in [-0.25, -0.2) is 0 Å². The summed E-state index contributed by atoms with van der Waals surface area (Å²) in [4.78, 5) is 38.3. The van der Waals surface area contributed by atoms with E-state index in [1.165, 1.54) is 37.9 Å². The summed E-state index contributed by atoms with van der Waals surface area (Å²) >= 11 is 0. The highest BCUT2D eigenvalue weighted by Crippen LogP contribution is 2.16. The van der Waals surface area contributed by atoms with Crippen molar-refractivity contribution in [1.82, 2.24) is 29.7 Å². The van der Waals surface area contributed by atoms with Crippen molar-refractivity contribution in [2.45, 2.75) is 45.2 Å². The zero-order chi connectivity index (χ0) is 25.5. The topological polar surface area (TPSA) is 95.3 Å².